The number of nitro groups is 1. The van der Waals surface area contributed by atoms with Crippen LogP contribution < -0.4 is 5.32 Å². The third kappa shape index (κ3) is 3.58. The average molecular weight is 331 g/mol. The molecule has 0 aromatic carbocycles. The Labute approximate surface area is 140 Å². The highest BCUT2D eigenvalue weighted by Gasteiger charge is 2.20. The topological polar surface area (TPSA) is 103 Å². The van der Waals surface area contributed by atoms with Crippen LogP contribution in [0.4, 0.5) is 11.5 Å². The number of aryl methyl sites for hydroxylation is 3. The third-order valence-electron chi connectivity index (χ3n) is 4.12. The predicted octanol–water partition coefficient (Wildman–Crippen LogP) is 2.47. The van der Waals surface area contributed by atoms with Crippen molar-refractivity contribution in [1.82, 2.24) is 14.8 Å². The SMILES string of the molecule is Cc1nc(NC(=O)[C@@H](C)Cc2c(C)nn(C)c2C)ccc1[N+](=O)[O-]. The largest absolute Gasteiger partial charge is 0.310 e. The smallest absolute Gasteiger partial charge is 0.290 e. The number of pyridine rings is 1. The molecule has 0 aliphatic heterocycles. The van der Waals surface area contributed by atoms with Crippen LogP contribution in [0.15, 0.2) is 12.1 Å². The maximum absolute atomic E-state index is 12.4. The van der Waals surface area contributed by atoms with Gasteiger partial charge in [-0.2, -0.15) is 5.10 Å². The van der Waals surface area contributed by atoms with Gasteiger partial charge in [0.25, 0.3) is 5.69 Å². The number of aromatic nitrogens is 3. The summed E-state index contributed by atoms with van der Waals surface area (Å²) < 4.78 is 1.80. The lowest BCUT2D eigenvalue weighted by molar-refractivity contribution is -0.385. The molecule has 0 unspecified atom stereocenters. The monoisotopic (exact) mass is 331 g/mol. The second-order valence-electron chi connectivity index (χ2n) is 5.93. The predicted molar refractivity (Wildman–Crippen MR) is 89.8 cm³/mol. The van der Waals surface area contributed by atoms with Gasteiger partial charge in [-0.05, 0) is 38.8 Å². The summed E-state index contributed by atoms with van der Waals surface area (Å²) in [6.45, 7) is 7.27. The maximum atomic E-state index is 12.4. The first-order valence-corrected chi connectivity index (χ1v) is 7.62. The van der Waals surface area contributed by atoms with Crippen molar-refractivity contribution in [2.75, 3.05) is 5.32 Å². The van der Waals surface area contributed by atoms with Crippen molar-refractivity contribution in [2.24, 2.45) is 13.0 Å². The first kappa shape index (κ1) is 17.6. The fraction of sp³-hybridized carbons (Fsp3) is 0.438. The normalized spacial score (nSPS) is 12.0. The van der Waals surface area contributed by atoms with Crippen molar-refractivity contribution in [3.8, 4) is 0 Å². The lowest BCUT2D eigenvalue weighted by Crippen LogP contribution is -2.23. The molecule has 0 spiro atoms. The summed E-state index contributed by atoms with van der Waals surface area (Å²) in [5.41, 5.74) is 3.22. The van der Waals surface area contributed by atoms with Crippen LogP contribution in [0.25, 0.3) is 0 Å². The molecule has 128 valence electrons. The molecule has 0 aliphatic carbocycles. The second kappa shape index (κ2) is 6.77. The minimum Gasteiger partial charge on any atom is -0.310 e. The van der Waals surface area contributed by atoms with E-state index in [4.69, 9.17) is 0 Å². The first-order chi connectivity index (χ1) is 11.2. The van der Waals surface area contributed by atoms with Crippen LogP contribution in [0.3, 0.4) is 0 Å². The fourth-order valence-corrected chi connectivity index (χ4v) is 2.58. The molecule has 2 heterocycles. The zero-order chi connectivity index (χ0) is 18.0. The Morgan fingerprint density at radius 3 is 2.50 bits per heavy atom. The molecule has 2 rings (SSSR count). The van der Waals surface area contributed by atoms with Crippen LogP contribution in [-0.2, 0) is 18.3 Å². The minimum absolute atomic E-state index is 0.0670. The van der Waals surface area contributed by atoms with Gasteiger partial charge in [-0.1, -0.05) is 6.92 Å². The lowest BCUT2D eigenvalue weighted by Gasteiger charge is -2.12. The second-order valence-corrected chi connectivity index (χ2v) is 5.93. The van der Waals surface area contributed by atoms with Crippen LogP contribution in [0, 0.1) is 36.8 Å². The molecule has 0 radical (unpaired) electrons. The molecule has 8 heteroatoms. The number of anilines is 1. The van der Waals surface area contributed by atoms with Gasteiger partial charge < -0.3 is 5.32 Å². The molecular formula is C16H21N5O3. The number of nitrogens with zero attached hydrogens (tertiary/aromatic N) is 4. The fourth-order valence-electron chi connectivity index (χ4n) is 2.58. The summed E-state index contributed by atoms with van der Waals surface area (Å²) in [5.74, 6) is -0.142. The minimum atomic E-state index is -0.496. The molecule has 0 saturated heterocycles. The summed E-state index contributed by atoms with van der Waals surface area (Å²) in [7, 11) is 1.88. The Morgan fingerprint density at radius 2 is 2.00 bits per heavy atom. The number of rotatable bonds is 5. The molecule has 1 N–H and O–H groups in total. The molecular weight excluding hydrogens is 310 g/mol. The van der Waals surface area contributed by atoms with E-state index in [0.717, 1.165) is 17.0 Å². The molecule has 0 aliphatic rings. The molecule has 0 bridgehead atoms. The van der Waals surface area contributed by atoms with Crippen LogP contribution in [0.5, 0.6) is 0 Å². The van der Waals surface area contributed by atoms with Crippen LogP contribution in [0.1, 0.15) is 29.6 Å². The molecule has 1 atom stereocenters. The van der Waals surface area contributed by atoms with Gasteiger partial charge >= 0.3 is 0 Å². The van der Waals surface area contributed by atoms with E-state index in [1.165, 1.54) is 12.1 Å². The van der Waals surface area contributed by atoms with Crippen molar-refractivity contribution in [1.29, 1.82) is 0 Å². The van der Waals surface area contributed by atoms with Crippen molar-refractivity contribution in [2.45, 2.75) is 34.1 Å². The van der Waals surface area contributed by atoms with E-state index in [9.17, 15) is 14.9 Å². The van der Waals surface area contributed by atoms with Gasteiger partial charge in [0, 0.05) is 24.7 Å². The Morgan fingerprint density at radius 1 is 1.33 bits per heavy atom. The number of amides is 1. The zero-order valence-corrected chi connectivity index (χ0v) is 14.5. The molecule has 1 amide bonds. The highest BCUT2D eigenvalue weighted by Crippen LogP contribution is 2.20. The van der Waals surface area contributed by atoms with Gasteiger partial charge in [0.15, 0.2) is 0 Å². The number of carbonyl (C=O) groups is 1. The Bertz CT molecular complexity index is 797. The summed E-state index contributed by atoms with van der Waals surface area (Å²) in [5, 5.41) is 17.9. The average Bonchev–Trinajstić information content (AvgIpc) is 2.73. The first-order valence-electron chi connectivity index (χ1n) is 7.62. The van der Waals surface area contributed by atoms with E-state index in [2.05, 4.69) is 15.4 Å². The number of hydrogen-bond donors (Lipinski definition) is 1. The van der Waals surface area contributed by atoms with Gasteiger partial charge in [-0.25, -0.2) is 4.98 Å². The van der Waals surface area contributed by atoms with E-state index in [0.29, 0.717) is 12.2 Å². The van der Waals surface area contributed by atoms with Gasteiger partial charge in [-0.3, -0.25) is 19.6 Å². The van der Waals surface area contributed by atoms with Gasteiger partial charge in [0.05, 0.1) is 10.6 Å². The van der Waals surface area contributed by atoms with E-state index in [-0.39, 0.29) is 23.2 Å². The van der Waals surface area contributed by atoms with E-state index in [1.807, 2.05) is 27.8 Å². The summed E-state index contributed by atoms with van der Waals surface area (Å²) in [6.07, 6.45) is 0.573. The summed E-state index contributed by atoms with van der Waals surface area (Å²) in [6, 6.07) is 2.79. The molecule has 2 aromatic heterocycles. The van der Waals surface area contributed by atoms with E-state index >= 15 is 0 Å². The van der Waals surface area contributed by atoms with Crippen molar-refractivity contribution in [3.05, 3.63) is 44.9 Å². The van der Waals surface area contributed by atoms with Crippen LogP contribution in [-0.4, -0.2) is 25.6 Å². The highest BCUT2D eigenvalue weighted by atomic mass is 16.6. The zero-order valence-electron chi connectivity index (χ0n) is 14.5. The third-order valence-corrected chi connectivity index (χ3v) is 4.12. The molecule has 8 nitrogen and oxygen atoms in total. The summed E-state index contributed by atoms with van der Waals surface area (Å²) in [4.78, 5) is 26.7. The molecule has 2 aromatic rings. The Kier molecular flexibility index (Phi) is 4.96. The molecule has 0 fully saturated rings. The van der Waals surface area contributed by atoms with Gasteiger partial charge in [0.1, 0.15) is 11.5 Å². The van der Waals surface area contributed by atoms with Gasteiger partial charge in [0.2, 0.25) is 5.91 Å². The van der Waals surface area contributed by atoms with Crippen molar-refractivity contribution >= 4 is 17.4 Å². The molecule has 0 saturated carbocycles. The molecule has 24 heavy (non-hydrogen) atoms. The van der Waals surface area contributed by atoms with Gasteiger partial charge in [-0.15, -0.1) is 0 Å². The van der Waals surface area contributed by atoms with Crippen LogP contribution in [0.2, 0.25) is 0 Å². The maximum Gasteiger partial charge on any atom is 0.290 e. The van der Waals surface area contributed by atoms with E-state index < -0.39 is 4.92 Å². The lowest BCUT2D eigenvalue weighted by atomic mass is 9.99. The highest BCUT2D eigenvalue weighted by molar-refractivity contribution is 5.91. The van der Waals surface area contributed by atoms with Crippen LogP contribution >= 0.6 is 0 Å². The number of carbonyl (C=O) groups excluding carboxylic acids is 1. The van der Waals surface area contributed by atoms with E-state index in [1.54, 1.807) is 11.6 Å². The number of nitrogens with one attached hydrogen (secondary N) is 1. The summed E-state index contributed by atoms with van der Waals surface area (Å²) >= 11 is 0. The number of hydrogen-bond acceptors (Lipinski definition) is 5. The van der Waals surface area contributed by atoms with Crippen molar-refractivity contribution in [3.63, 3.8) is 0 Å². The standard InChI is InChI=1S/C16H21N5O3/c1-9(8-13-10(2)19-20(5)12(13)4)16(22)18-15-7-6-14(21(23)24)11(3)17-15/h6-7,9H,8H2,1-5H3,(H,17,18,22)/t9-/m0/s1. The van der Waals surface area contributed by atoms with Crippen molar-refractivity contribution < 1.29 is 9.72 Å². The Balaban J connectivity index is 2.09. The Hall–Kier alpha value is -2.77. The quantitative estimate of drug-likeness (QED) is 0.669.